The molecule has 0 radical (unpaired) electrons. The minimum absolute atomic E-state index is 0.0434. The lowest BCUT2D eigenvalue weighted by Crippen LogP contribution is -2.51. The zero-order valence-corrected chi connectivity index (χ0v) is 11.4. The van der Waals surface area contributed by atoms with Gasteiger partial charge in [-0.05, 0) is 61.5 Å². The van der Waals surface area contributed by atoms with Crippen LogP contribution in [0.1, 0.15) is 36.8 Å². The first-order chi connectivity index (χ1) is 9.29. The van der Waals surface area contributed by atoms with Crippen LogP contribution in [0.4, 0.5) is 0 Å². The second-order valence-corrected chi connectivity index (χ2v) is 6.79. The van der Waals surface area contributed by atoms with Crippen molar-refractivity contribution in [3.8, 4) is 0 Å². The highest BCUT2D eigenvalue weighted by Gasteiger charge is 2.41. The lowest BCUT2D eigenvalue weighted by atomic mass is 9.86. The fourth-order valence-electron chi connectivity index (χ4n) is 4.42. The van der Waals surface area contributed by atoms with Gasteiger partial charge in [-0.15, -0.1) is 0 Å². The molecular weight excluding hydrogens is 234 g/mol. The minimum Gasteiger partial charge on any atom is -0.393 e. The van der Waals surface area contributed by atoms with Crippen LogP contribution >= 0.6 is 0 Å². The van der Waals surface area contributed by atoms with E-state index >= 15 is 0 Å². The summed E-state index contributed by atoms with van der Waals surface area (Å²) in [4.78, 5) is 0. The van der Waals surface area contributed by atoms with E-state index in [0.717, 1.165) is 24.7 Å². The van der Waals surface area contributed by atoms with Gasteiger partial charge in [0, 0.05) is 12.1 Å². The van der Waals surface area contributed by atoms with Crippen molar-refractivity contribution in [1.82, 2.24) is 5.32 Å². The van der Waals surface area contributed by atoms with E-state index in [0.29, 0.717) is 12.1 Å². The molecule has 2 bridgehead atoms. The van der Waals surface area contributed by atoms with E-state index in [9.17, 15) is 5.11 Å². The Morgan fingerprint density at radius 3 is 2.05 bits per heavy atom. The van der Waals surface area contributed by atoms with Gasteiger partial charge in [-0.25, -0.2) is 0 Å². The summed E-state index contributed by atoms with van der Waals surface area (Å²) in [5, 5.41) is 13.3. The fraction of sp³-hybridized carbons (Fsp3) is 0.647. The number of rotatable bonds is 2. The summed E-state index contributed by atoms with van der Waals surface area (Å²) in [6, 6.07) is 10.3. The Hall–Kier alpha value is -0.860. The second-order valence-electron chi connectivity index (χ2n) is 6.79. The van der Waals surface area contributed by atoms with Gasteiger partial charge in [0.05, 0.1) is 6.10 Å². The van der Waals surface area contributed by atoms with Crippen LogP contribution in [-0.2, 0) is 12.8 Å². The van der Waals surface area contributed by atoms with Crippen LogP contribution in [0.25, 0.3) is 0 Å². The van der Waals surface area contributed by atoms with E-state index in [1.54, 1.807) is 11.1 Å². The molecule has 2 heteroatoms. The molecule has 3 aliphatic rings. The largest absolute Gasteiger partial charge is 0.393 e. The number of fused-ring (bicyclic) bond motifs is 3. The van der Waals surface area contributed by atoms with Crippen LogP contribution in [0.2, 0.25) is 0 Å². The maximum atomic E-state index is 9.45. The molecule has 0 spiro atoms. The molecule has 0 aromatic heterocycles. The third-order valence-corrected chi connectivity index (χ3v) is 5.55. The van der Waals surface area contributed by atoms with Gasteiger partial charge >= 0.3 is 0 Å². The van der Waals surface area contributed by atoms with Crippen molar-refractivity contribution in [1.29, 1.82) is 0 Å². The summed E-state index contributed by atoms with van der Waals surface area (Å²) in [7, 11) is 0. The average Bonchev–Trinajstić information content (AvgIpc) is 2.64. The SMILES string of the molecule is OC1CC(NC2C3CCC2Cc2ccccc2C3)C1. The number of hydrogen-bond donors (Lipinski definition) is 2. The molecule has 3 aliphatic carbocycles. The van der Waals surface area contributed by atoms with Crippen molar-refractivity contribution < 1.29 is 5.11 Å². The van der Waals surface area contributed by atoms with Gasteiger partial charge in [-0.2, -0.15) is 0 Å². The normalized spacial score (nSPS) is 40.4. The van der Waals surface area contributed by atoms with Gasteiger partial charge in [0.1, 0.15) is 0 Å². The fourth-order valence-corrected chi connectivity index (χ4v) is 4.42. The smallest absolute Gasteiger partial charge is 0.0570 e. The first kappa shape index (κ1) is 11.9. The summed E-state index contributed by atoms with van der Waals surface area (Å²) in [5.41, 5.74) is 3.16. The monoisotopic (exact) mass is 257 g/mol. The van der Waals surface area contributed by atoms with Crippen LogP contribution in [0.15, 0.2) is 24.3 Å². The molecule has 0 aliphatic heterocycles. The molecular formula is C17H23NO. The van der Waals surface area contributed by atoms with Crippen molar-refractivity contribution in [2.75, 3.05) is 0 Å². The van der Waals surface area contributed by atoms with Gasteiger partial charge < -0.3 is 10.4 Å². The first-order valence-corrected chi connectivity index (χ1v) is 7.80. The molecule has 0 amide bonds. The van der Waals surface area contributed by atoms with Crippen molar-refractivity contribution in [2.45, 2.75) is 56.7 Å². The standard InChI is InChI=1S/C17H23NO/c19-16-9-15(10-16)18-17-13-5-6-14(17)8-12-4-2-1-3-11(12)7-13/h1-4,13-19H,5-10H2. The van der Waals surface area contributed by atoms with E-state index in [4.69, 9.17) is 0 Å². The highest BCUT2D eigenvalue weighted by atomic mass is 16.3. The van der Waals surface area contributed by atoms with Crippen molar-refractivity contribution in [2.24, 2.45) is 11.8 Å². The molecule has 1 aromatic rings. The predicted molar refractivity (Wildman–Crippen MR) is 76.0 cm³/mol. The van der Waals surface area contributed by atoms with E-state index in [-0.39, 0.29) is 6.10 Å². The molecule has 2 unspecified atom stereocenters. The maximum Gasteiger partial charge on any atom is 0.0570 e. The molecule has 2 atom stereocenters. The molecule has 0 saturated heterocycles. The molecule has 19 heavy (non-hydrogen) atoms. The third kappa shape index (κ3) is 2.11. The van der Waals surface area contributed by atoms with Crippen LogP contribution in [-0.4, -0.2) is 23.3 Å². The van der Waals surface area contributed by atoms with E-state index < -0.39 is 0 Å². The lowest BCUT2D eigenvalue weighted by Gasteiger charge is -2.37. The Kier molecular flexibility index (Phi) is 2.89. The Labute approximate surface area is 115 Å². The summed E-state index contributed by atoms with van der Waals surface area (Å²) < 4.78 is 0. The Balaban J connectivity index is 1.53. The number of benzene rings is 1. The molecule has 2 nitrogen and oxygen atoms in total. The highest BCUT2D eigenvalue weighted by Crippen LogP contribution is 2.41. The molecule has 2 fully saturated rings. The minimum atomic E-state index is -0.0434. The summed E-state index contributed by atoms with van der Waals surface area (Å²) in [6.45, 7) is 0. The molecule has 2 saturated carbocycles. The van der Waals surface area contributed by atoms with Crippen LogP contribution < -0.4 is 5.32 Å². The average molecular weight is 257 g/mol. The number of hydrogen-bond acceptors (Lipinski definition) is 2. The van der Waals surface area contributed by atoms with Gasteiger partial charge in [-0.3, -0.25) is 0 Å². The zero-order valence-electron chi connectivity index (χ0n) is 11.4. The molecule has 2 N–H and O–H groups in total. The van der Waals surface area contributed by atoms with Gasteiger partial charge in [0.25, 0.3) is 0 Å². The Morgan fingerprint density at radius 1 is 0.947 bits per heavy atom. The van der Waals surface area contributed by atoms with E-state index in [2.05, 4.69) is 29.6 Å². The molecule has 0 heterocycles. The van der Waals surface area contributed by atoms with Gasteiger partial charge in [0.2, 0.25) is 0 Å². The topological polar surface area (TPSA) is 32.3 Å². The lowest BCUT2D eigenvalue weighted by molar-refractivity contribution is 0.0524. The number of aliphatic hydroxyl groups excluding tert-OH is 1. The maximum absolute atomic E-state index is 9.45. The van der Waals surface area contributed by atoms with Crippen molar-refractivity contribution in [3.05, 3.63) is 35.4 Å². The molecule has 1 aromatic carbocycles. The van der Waals surface area contributed by atoms with E-state index in [1.807, 2.05) is 0 Å². The highest BCUT2D eigenvalue weighted by molar-refractivity contribution is 5.30. The summed E-state index contributed by atoms with van der Waals surface area (Å²) in [5.74, 6) is 1.62. The molecule has 102 valence electrons. The van der Waals surface area contributed by atoms with Gasteiger partial charge in [-0.1, -0.05) is 24.3 Å². The second kappa shape index (κ2) is 4.60. The zero-order chi connectivity index (χ0) is 12.8. The summed E-state index contributed by atoms with van der Waals surface area (Å²) >= 11 is 0. The quantitative estimate of drug-likeness (QED) is 0.852. The first-order valence-electron chi connectivity index (χ1n) is 7.80. The third-order valence-electron chi connectivity index (χ3n) is 5.55. The van der Waals surface area contributed by atoms with Crippen LogP contribution in [0.5, 0.6) is 0 Å². The van der Waals surface area contributed by atoms with Crippen molar-refractivity contribution in [3.63, 3.8) is 0 Å². The molecule has 4 rings (SSSR count). The van der Waals surface area contributed by atoms with E-state index in [1.165, 1.54) is 25.7 Å². The van der Waals surface area contributed by atoms with Gasteiger partial charge in [0.15, 0.2) is 0 Å². The summed E-state index contributed by atoms with van der Waals surface area (Å²) in [6.07, 6.45) is 7.14. The number of nitrogens with one attached hydrogen (secondary N) is 1. The van der Waals surface area contributed by atoms with Crippen molar-refractivity contribution >= 4 is 0 Å². The van der Waals surface area contributed by atoms with Crippen LogP contribution in [0, 0.1) is 11.8 Å². The number of aliphatic hydroxyl groups is 1. The Bertz CT molecular complexity index is 433. The predicted octanol–water partition coefficient (Wildman–Crippen LogP) is 2.29. The van der Waals surface area contributed by atoms with Crippen LogP contribution in [0.3, 0.4) is 0 Å². The Morgan fingerprint density at radius 2 is 1.53 bits per heavy atom.